The molecule has 0 saturated carbocycles. The normalized spacial score (nSPS) is 17.8. The zero-order valence-corrected chi connectivity index (χ0v) is 11.3. The molecule has 96 valence electrons. The van der Waals surface area contributed by atoms with Gasteiger partial charge in [-0.05, 0) is 25.1 Å². The van der Waals surface area contributed by atoms with Crippen LogP contribution in [0.2, 0.25) is 0 Å². The first-order valence-corrected chi connectivity index (χ1v) is 5.18. The molecule has 1 aliphatic rings. The van der Waals surface area contributed by atoms with Crippen molar-refractivity contribution in [3.63, 3.8) is 0 Å². The van der Waals surface area contributed by atoms with Crippen molar-refractivity contribution >= 4 is 30.7 Å². The maximum Gasteiger partial charge on any atom is 0.272 e. The summed E-state index contributed by atoms with van der Waals surface area (Å²) in [7, 11) is 1.84. The van der Waals surface area contributed by atoms with E-state index in [-0.39, 0.29) is 30.7 Å². The molecule has 0 aliphatic carbocycles. The summed E-state index contributed by atoms with van der Waals surface area (Å²) in [6.07, 6.45) is 2.67. The van der Waals surface area contributed by atoms with Crippen molar-refractivity contribution in [3.05, 3.63) is 30.1 Å². The third kappa shape index (κ3) is 3.84. The van der Waals surface area contributed by atoms with E-state index < -0.39 is 0 Å². The van der Waals surface area contributed by atoms with Crippen LogP contribution in [-0.4, -0.2) is 42.0 Å². The van der Waals surface area contributed by atoms with Crippen molar-refractivity contribution in [1.82, 2.24) is 15.2 Å². The molecular formula is C11H17Cl2N3O. The standard InChI is InChI=1S/C11H15N3O.2ClH/c1-14(9-5-7-12-8-9)11(15)10-4-2-3-6-13-10;;/h2-4,6,9,12H,5,7-8H2,1H3;2*1H. The van der Waals surface area contributed by atoms with Crippen LogP contribution >= 0.6 is 24.8 Å². The van der Waals surface area contributed by atoms with Crippen molar-refractivity contribution in [2.75, 3.05) is 20.1 Å². The molecule has 1 N–H and O–H groups in total. The predicted octanol–water partition coefficient (Wildman–Crippen LogP) is 1.36. The fourth-order valence-corrected chi connectivity index (χ4v) is 1.81. The molecule has 0 aromatic carbocycles. The molecule has 1 aliphatic heterocycles. The Morgan fingerprint density at radius 2 is 2.24 bits per heavy atom. The van der Waals surface area contributed by atoms with Crippen molar-refractivity contribution in [2.45, 2.75) is 12.5 Å². The van der Waals surface area contributed by atoms with Crippen LogP contribution < -0.4 is 5.32 Å². The Kier molecular flexibility index (Phi) is 7.11. The van der Waals surface area contributed by atoms with E-state index in [9.17, 15) is 4.79 Å². The third-order valence-corrected chi connectivity index (χ3v) is 2.79. The largest absolute Gasteiger partial charge is 0.336 e. The summed E-state index contributed by atoms with van der Waals surface area (Å²) in [5, 5.41) is 3.25. The lowest BCUT2D eigenvalue weighted by Gasteiger charge is -2.23. The van der Waals surface area contributed by atoms with E-state index in [0.717, 1.165) is 19.5 Å². The number of carbonyl (C=O) groups is 1. The molecule has 6 heteroatoms. The minimum atomic E-state index is 0. The fourth-order valence-electron chi connectivity index (χ4n) is 1.81. The minimum absolute atomic E-state index is 0. The molecule has 1 unspecified atom stereocenters. The van der Waals surface area contributed by atoms with E-state index in [0.29, 0.717) is 11.7 Å². The van der Waals surface area contributed by atoms with E-state index in [1.54, 1.807) is 17.2 Å². The number of nitrogens with one attached hydrogen (secondary N) is 1. The molecule has 2 heterocycles. The number of hydrogen-bond acceptors (Lipinski definition) is 3. The van der Waals surface area contributed by atoms with Gasteiger partial charge in [0.15, 0.2) is 0 Å². The van der Waals surface area contributed by atoms with E-state index >= 15 is 0 Å². The van der Waals surface area contributed by atoms with Crippen molar-refractivity contribution in [1.29, 1.82) is 0 Å². The summed E-state index contributed by atoms with van der Waals surface area (Å²) in [6.45, 7) is 1.87. The van der Waals surface area contributed by atoms with Gasteiger partial charge >= 0.3 is 0 Å². The highest BCUT2D eigenvalue weighted by atomic mass is 35.5. The first-order valence-electron chi connectivity index (χ1n) is 5.18. The van der Waals surface area contributed by atoms with Gasteiger partial charge in [0.1, 0.15) is 5.69 Å². The molecule has 1 aromatic rings. The number of carbonyl (C=O) groups excluding carboxylic acids is 1. The van der Waals surface area contributed by atoms with Gasteiger partial charge in [0, 0.05) is 25.8 Å². The Morgan fingerprint density at radius 1 is 1.47 bits per heavy atom. The Bertz CT molecular complexity index is 342. The van der Waals surface area contributed by atoms with Gasteiger partial charge in [0.25, 0.3) is 5.91 Å². The highest BCUT2D eigenvalue weighted by Crippen LogP contribution is 2.09. The lowest BCUT2D eigenvalue weighted by atomic mass is 10.2. The number of aromatic nitrogens is 1. The van der Waals surface area contributed by atoms with Gasteiger partial charge in [-0.2, -0.15) is 0 Å². The molecule has 1 amide bonds. The molecule has 4 nitrogen and oxygen atoms in total. The highest BCUT2D eigenvalue weighted by Gasteiger charge is 2.24. The Morgan fingerprint density at radius 3 is 2.76 bits per heavy atom. The molecule has 0 radical (unpaired) electrons. The van der Waals surface area contributed by atoms with E-state index in [1.807, 2.05) is 19.2 Å². The summed E-state index contributed by atoms with van der Waals surface area (Å²) in [4.78, 5) is 17.8. The van der Waals surface area contributed by atoms with Crippen LogP contribution in [0.3, 0.4) is 0 Å². The summed E-state index contributed by atoms with van der Waals surface area (Å²) in [6, 6.07) is 5.70. The molecule has 0 bridgehead atoms. The fraction of sp³-hybridized carbons (Fsp3) is 0.455. The minimum Gasteiger partial charge on any atom is -0.336 e. The Balaban J connectivity index is 0.00000128. The van der Waals surface area contributed by atoms with Crippen molar-refractivity contribution in [2.24, 2.45) is 0 Å². The van der Waals surface area contributed by atoms with E-state index in [1.165, 1.54) is 0 Å². The van der Waals surface area contributed by atoms with Gasteiger partial charge in [-0.1, -0.05) is 6.07 Å². The molecule has 0 spiro atoms. The third-order valence-electron chi connectivity index (χ3n) is 2.79. The lowest BCUT2D eigenvalue weighted by molar-refractivity contribution is 0.0738. The Hall–Kier alpha value is -0.840. The summed E-state index contributed by atoms with van der Waals surface area (Å²) >= 11 is 0. The maximum absolute atomic E-state index is 12.0. The molecule has 1 atom stereocenters. The second-order valence-electron chi connectivity index (χ2n) is 3.78. The molecular weight excluding hydrogens is 261 g/mol. The molecule has 2 rings (SSSR count). The van der Waals surface area contributed by atoms with Gasteiger partial charge in [-0.15, -0.1) is 24.8 Å². The van der Waals surface area contributed by atoms with Gasteiger partial charge in [0.2, 0.25) is 0 Å². The van der Waals surface area contributed by atoms with Crippen LogP contribution in [0.4, 0.5) is 0 Å². The number of likely N-dealkylation sites (N-methyl/N-ethyl adjacent to an activating group) is 1. The van der Waals surface area contributed by atoms with E-state index in [2.05, 4.69) is 10.3 Å². The maximum atomic E-state index is 12.0. The Labute approximate surface area is 114 Å². The zero-order chi connectivity index (χ0) is 10.7. The van der Waals surface area contributed by atoms with Crippen LogP contribution in [0.1, 0.15) is 16.9 Å². The van der Waals surface area contributed by atoms with Crippen molar-refractivity contribution in [3.8, 4) is 0 Å². The lowest BCUT2D eigenvalue weighted by Crippen LogP contribution is -2.38. The van der Waals surface area contributed by atoms with Crippen LogP contribution in [0.5, 0.6) is 0 Å². The van der Waals surface area contributed by atoms with E-state index in [4.69, 9.17) is 0 Å². The number of halogens is 2. The predicted molar refractivity (Wildman–Crippen MR) is 72.1 cm³/mol. The van der Waals surface area contributed by atoms with Gasteiger partial charge in [-0.3, -0.25) is 9.78 Å². The zero-order valence-electron chi connectivity index (χ0n) is 9.63. The average molecular weight is 278 g/mol. The summed E-state index contributed by atoms with van der Waals surface area (Å²) in [5.74, 6) is 0.00398. The smallest absolute Gasteiger partial charge is 0.272 e. The monoisotopic (exact) mass is 277 g/mol. The van der Waals surface area contributed by atoms with Crippen LogP contribution in [-0.2, 0) is 0 Å². The van der Waals surface area contributed by atoms with Gasteiger partial charge < -0.3 is 10.2 Å². The first kappa shape index (κ1) is 16.2. The number of pyridine rings is 1. The van der Waals surface area contributed by atoms with Gasteiger partial charge in [0.05, 0.1) is 0 Å². The number of nitrogens with zero attached hydrogens (tertiary/aromatic N) is 2. The number of amides is 1. The second-order valence-corrected chi connectivity index (χ2v) is 3.78. The molecule has 1 saturated heterocycles. The first-order chi connectivity index (χ1) is 7.29. The molecule has 1 fully saturated rings. The van der Waals surface area contributed by atoms with Crippen molar-refractivity contribution < 1.29 is 4.79 Å². The van der Waals surface area contributed by atoms with Gasteiger partial charge in [-0.25, -0.2) is 0 Å². The topological polar surface area (TPSA) is 45.2 Å². The SMILES string of the molecule is CN(C(=O)c1ccccn1)C1CCNC1.Cl.Cl. The second kappa shape index (κ2) is 7.48. The summed E-state index contributed by atoms with van der Waals surface area (Å²) in [5.41, 5.74) is 0.520. The average Bonchev–Trinajstić information content (AvgIpc) is 2.82. The number of rotatable bonds is 2. The number of hydrogen-bond donors (Lipinski definition) is 1. The van der Waals surface area contributed by atoms with Crippen LogP contribution in [0, 0.1) is 0 Å². The van der Waals surface area contributed by atoms with Crippen LogP contribution in [0.25, 0.3) is 0 Å². The molecule has 17 heavy (non-hydrogen) atoms. The van der Waals surface area contributed by atoms with Crippen LogP contribution in [0.15, 0.2) is 24.4 Å². The summed E-state index contributed by atoms with van der Waals surface area (Å²) < 4.78 is 0. The quantitative estimate of drug-likeness (QED) is 0.888. The highest BCUT2D eigenvalue weighted by molar-refractivity contribution is 5.92. The molecule has 1 aromatic heterocycles.